The molecule has 3 rings (SSSR count). The van der Waals surface area contributed by atoms with E-state index in [1.807, 2.05) is 13.8 Å². The molecule has 0 saturated carbocycles. The van der Waals surface area contributed by atoms with E-state index in [0.717, 1.165) is 17.7 Å². The number of hydrazone groups is 1. The van der Waals surface area contributed by atoms with Crippen LogP contribution in [0.2, 0.25) is 0 Å². The van der Waals surface area contributed by atoms with E-state index in [4.69, 9.17) is 4.74 Å². The summed E-state index contributed by atoms with van der Waals surface area (Å²) in [4.78, 5) is 10.2. The lowest BCUT2D eigenvalue weighted by Gasteiger charge is -2.15. The van der Waals surface area contributed by atoms with Crippen LogP contribution >= 0.6 is 0 Å². The van der Waals surface area contributed by atoms with Crippen LogP contribution in [-0.2, 0) is 12.8 Å². The highest BCUT2D eigenvalue weighted by atomic mass is 16.6. The van der Waals surface area contributed by atoms with Gasteiger partial charge in [-0.1, -0.05) is 12.1 Å². The topological polar surface area (TPSA) is 76.8 Å². The van der Waals surface area contributed by atoms with Crippen molar-refractivity contribution in [2.45, 2.75) is 39.3 Å². The highest BCUT2D eigenvalue weighted by Crippen LogP contribution is 2.23. The molecule has 0 spiro atoms. The molecular weight excluding hydrogens is 318 g/mol. The van der Waals surface area contributed by atoms with Crippen molar-refractivity contribution in [3.05, 3.63) is 69.3 Å². The lowest BCUT2D eigenvalue weighted by molar-refractivity contribution is -0.384. The number of nitrogens with one attached hydrogen (secondary N) is 1. The van der Waals surface area contributed by atoms with E-state index in [9.17, 15) is 10.1 Å². The molecule has 1 atom stereocenters. The number of nitro benzene ring substituents is 1. The predicted octanol–water partition coefficient (Wildman–Crippen LogP) is 3.82. The van der Waals surface area contributed by atoms with E-state index in [2.05, 4.69) is 28.7 Å². The molecule has 0 heterocycles. The Bertz CT molecular complexity index is 800. The summed E-state index contributed by atoms with van der Waals surface area (Å²) in [7, 11) is 0. The summed E-state index contributed by atoms with van der Waals surface area (Å²) in [6, 6.07) is 12.5. The number of nitrogens with zero attached hydrogens (tertiary/aromatic N) is 2. The SMILES string of the molecule is C/C(=N/N[C@@H](C)Oc1ccc([N+](=O)[O-])cc1)c1ccc2c(c1)CCC2. The van der Waals surface area contributed by atoms with Crippen LogP contribution in [0.4, 0.5) is 5.69 Å². The maximum atomic E-state index is 10.7. The fourth-order valence-electron chi connectivity index (χ4n) is 2.93. The smallest absolute Gasteiger partial charge is 0.269 e. The Labute approximate surface area is 146 Å². The number of rotatable bonds is 6. The van der Waals surface area contributed by atoms with E-state index in [1.165, 1.54) is 36.1 Å². The predicted molar refractivity (Wildman–Crippen MR) is 97.0 cm³/mol. The molecule has 2 aromatic rings. The van der Waals surface area contributed by atoms with Crippen LogP contribution in [-0.4, -0.2) is 16.9 Å². The zero-order valence-corrected chi connectivity index (χ0v) is 14.4. The van der Waals surface area contributed by atoms with Gasteiger partial charge in [0, 0.05) is 12.1 Å². The van der Waals surface area contributed by atoms with Gasteiger partial charge in [-0.05, 0) is 68.0 Å². The number of hydrogen-bond donors (Lipinski definition) is 1. The minimum atomic E-state index is -0.435. The van der Waals surface area contributed by atoms with Crippen molar-refractivity contribution in [1.82, 2.24) is 5.43 Å². The molecule has 25 heavy (non-hydrogen) atoms. The lowest BCUT2D eigenvalue weighted by atomic mass is 10.0. The van der Waals surface area contributed by atoms with Crippen molar-refractivity contribution in [2.75, 3.05) is 0 Å². The van der Waals surface area contributed by atoms with E-state index in [-0.39, 0.29) is 11.9 Å². The van der Waals surface area contributed by atoms with Gasteiger partial charge in [0.05, 0.1) is 10.6 Å². The van der Waals surface area contributed by atoms with E-state index in [0.29, 0.717) is 5.75 Å². The highest BCUT2D eigenvalue weighted by Gasteiger charge is 2.12. The van der Waals surface area contributed by atoms with Crippen molar-refractivity contribution in [3.63, 3.8) is 0 Å². The molecular formula is C19H21N3O3. The first-order chi connectivity index (χ1) is 12.0. The van der Waals surface area contributed by atoms with Gasteiger partial charge < -0.3 is 4.74 Å². The number of fused-ring (bicyclic) bond motifs is 1. The number of hydrogen-bond acceptors (Lipinski definition) is 5. The van der Waals surface area contributed by atoms with Crippen molar-refractivity contribution in [1.29, 1.82) is 0 Å². The Morgan fingerprint density at radius 3 is 2.64 bits per heavy atom. The molecule has 0 saturated heterocycles. The molecule has 1 aliphatic carbocycles. The Morgan fingerprint density at radius 1 is 1.20 bits per heavy atom. The first-order valence-electron chi connectivity index (χ1n) is 8.36. The Balaban J connectivity index is 1.59. The highest BCUT2D eigenvalue weighted by molar-refractivity contribution is 5.98. The molecule has 0 aromatic heterocycles. The second kappa shape index (κ2) is 7.34. The first-order valence-corrected chi connectivity index (χ1v) is 8.36. The van der Waals surface area contributed by atoms with Gasteiger partial charge >= 0.3 is 0 Å². The van der Waals surface area contributed by atoms with E-state index < -0.39 is 4.92 Å². The summed E-state index contributed by atoms with van der Waals surface area (Å²) in [5.74, 6) is 0.552. The maximum absolute atomic E-state index is 10.7. The maximum Gasteiger partial charge on any atom is 0.269 e. The molecule has 130 valence electrons. The van der Waals surface area contributed by atoms with Crippen LogP contribution in [0.1, 0.15) is 37.0 Å². The van der Waals surface area contributed by atoms with Crippen molar-refractivity contribution in [3.8, 4) is 5.75 Å². The molecule has 6 heteroatoms. The van der Waals surface area contributed by atoms with Gasteiger partial charge in [0.15, 0.2) is 6.23 Å². The largest absolute Gasteiger partial charge is 0.470 e. The average Bonchev–Trinajstić information content (AvgIpc) is 3.07. The van der Waals surface area contributed by atoms with E-state index in [1.54, 1.807) is 12.1 Å². The summed E-state index contributed by atoms with van der Waals surface area (Å²) in [5, 5.41) is 15.0. The lowest BCUT2D eigenvalue weighted by Crippen LogP contribution is -2.28. The van der Waals surface area contributed by atoms with Crippen LogP contribution in [0.25, 0.3) is 0 Å². The van der Waals surface area contributed by atoms with Gasteiger partial charge in [-0.2, -0.15) is 5.10 Å². The summed E-state index contributed by atoms with van der Waals surface area (Å²) in [5.41, 5.74) is 7.87. The quantitative estimate of drug-likeness (QED) is 0.376. The number of ether oxygens (including phenoxy) is 1. The van der Waals surface area contributed by atoms with Crippen LogP contribution in [0.3, 0.4) is 0 Å². The second-order valence-electron chi connectivity index (χ2n) is 6.17. The number of benzene rings is 2. The standard InChI is InChI=1S/C19H21N3O3/c1-13(16-7-6-15-4-3-5-17(15)12-16)20-21-14(2)25-19-10-8-18(9-11-19)22(23)24/h6-12,14,21H,3-5H2,1-2H3/b20-13-/t14-/m1/s1. The van der Waals surface area contributed by atoms with Gasteiger partial charge in [0.1, 0.15) is 5.75 Å². The average molecular weight is 339 g/mol. The zero-order chi connectivity index (χ0) is 17.8. The molecule has 0 aliphatic heterocycles. The molecule has 0 radical (unpaired) electrons. The fraction of sp³-hybridized carbons (Fsp3) is 0.316. The van der Waals surface area contributed by atoms with E-state index >= 15 is 0 Å². The van der Waals surface area contributed by atoms with Crippen molar-refractivity contribution >= 4 is 11.4 Å². The minimum absolute atomic E-state index is 0.0402. The number of non-ortho nitro benzene ring substituents is 1. The fourth-order valence-corrected chi connectivity index (χ4v) is 2.93. The van der Waals surface area contributed by atoms with Crippen LogP contribution in [0.5, 0.6) is 5.75 Å². The summed E-state index contributed by atoms with van der Waals surface area (Å²) < 4.78 is 5.67. The third-order valence-electron chi connectivity index (χ3n) is 4.29. The van der Waals surface area contributed by atoms with Crippen LogP contribution in [0.15, 0.2) is 47.6 Å². The molecule has 0 bridgehead atoms. The Hall–Kier alpha value is -2.89. The van der Waals surface area contributed by atoms with Gasteiger partial charge in [-0.25, -0.2) is 0 Å². The Morgan fingerprint density at radius 2 is 1.92 bits per heavy atom. The monoisotopic (exact) mass is 339 g/mol. The molecule has 6 nitrogen and oxygen atoms in total. The molecule has 1 aliphatic rings. The second-order valence-corrected chi connectivity index (χ2v) is 6.17. The summed E-state index contributed by atoms with van der Waals surface area (Å²) in [6.07, 6.45) is 3.19. The molecule has 2 aromatic carbocycles. The molecule has 0 fully saturated rings. The third kappa shape index (κ3) is 4.15. The van der Waals surface area contributed by atoms with Gasteiger partial charge in [0.25, 0.3) is 5.69 Å². The van der Waals surface area contributed by atoms with Crippen molar-refractivity contribution in [2.24, 2.45) is 5.10 Å². The van der Waals surface area contributed by atoms with Gasteiger partial charge in [-0.3, -0.25) is 15.5 Å². The summed E-state index contributed by atoms with van der Waals surface area (Å²) in [6.45, 7) is 3.79. The zero-order valence-electron chi connectivity index (χ0n) is 14.4. The minimum Gasteiger partial charge on any atom is -0.470 e. The number of aryl methyl sites for hydroxylation is 2. The third-order valence-corrected chi connectivity index (χ3v) is 4.29. The summed E-state index contributed by atoms with van der Waals surface area (Å²) >= 11 is 0. The van der Waals surface area contributed by atoms with Gasteiger partial charge in [0.2, 0.25) is 0 Å². The number of nitro groups is 1. The molecule has 0 amide bonds. The first kappa shape index (κ1) is 17.0. The van der Waals surface area contributed by atoms with Crippen LogP contribution < -0.4 is 10.2 Å². The molecule has 1 N–H and O–H groups in total. The normalized spacial score (nSPS) is 14.7. The van der Waals surface area contributed by atoms with Crippen molar-refractivity contribution < 1.29 is 9.66 Å². The molecule has 0 unspecified atom stereocenters. The van der Waals surface area contributed by atoms with Crippen LogP contribution in [0, 0.1) is 10.1 Å². The van der Waals surface area contributed by atoms with Gasteiger partial charge in [-0.15, -0.1) is 0 Å². The Kier molecular flexibility index (Phi) is 4.97.